The molecule has 1 atom stereocenters. The summed E-state index contributed by atoms with van der Waals surface area (Å²) in [6, 6.07) is 23.3. The van der Waals surface area contributed by atoms with Gasteiger partial charge in [-0.3, -0.25) is 4.90 Å². The van der Waals surface area contributed by atoms with Gasteiger partial charge >= 0.3 is 6.18 Å². The molecule has 2 nitrogen and oxygen atoms in total. The predicted octanol–water partition coefficient (Wildman–Crippen LogP) is 5.95. The molecule has 6 heteroatoms. The lowest BCUT2D eigenvalue weighted by Gasteiger charge is -2.38. The monoisotopic (exact) mass is 472 g/mol. The Balaban J connectivity index is 2.23. The van der Waals surface area contributed by atoms with Crippen molar-refractivity contribution < 1.29 is 13.2 Å². The van der Waals surface area contributed by atoms with E-state index < -0.39 is 19.7 Å². The van der Waals surface area contributed by atoms with Crippen LogP contribution in [0.15, 0.2) is 72.8 Å². The summed E-state index contributed by atoms with van der Waals surface area (Å²) in [7, 11) is 5.26. The number of aryl methyl sites for hydroxylation is 2. The average molecular weight is 473 g/mol. The maximum absolute atomic E-state index is 13.5. The van der Waals surface area contributed by atoms with E-state index in [9.17, 15) is 13.2 Å². The molecule has 0 saturated carbocycles. The van der Waals surface area contributed by atoms with Crippen LogP contribution in [0.4, 0.5) is 13.2 Å². The highest BCUT2D eigenvalue weighted by Crippen LogP contribution is 2.53. The van der Waals surface area contributed by atoms with E-state index in [4.69, 9.17) is 0 Å². The van der Waals surface area contributed by atoms with E-state index in [1.165, 1.54) is 22.7 Å². The van der Waals surface area contributed by atoms with Crippen molar-refractivity contribution >= 4 is 18.5 Å². The maximum atomic E-state index is 13.5. The van der Waals surface area contributed by atoms with Crippen LogP contribution in [0.2, 0.25) is 0 Å². The third-order valence-electron chi connectivity index (χ3n) is 5.81. The fourth-order valence-corrected chi connectivity index (χ4v) is 7.21. The number of rotatable bonds is 8. The van der Waals surface area contributed by atoms with Gasteiger partial charge < -0.3 is 4.90 Å². The Bertz CT molecular complexity index is 974. The van der Waals surface area contributed by atoms with Gasteiger partial charge in [-0.05, 0) is 82.3 Å². The first-order valence-electron chi connectivity index (χ1n) is 11.0. The molecule has 0 fully saturated rings. The second kappa shape index (κ2) is 10.8. The topological polar surface area (TPSA) is 6.48 Å². The first kappa shape index (κ1) is 25.4. The van der Waals surface area contributed by atoms with Crippen LogP contribution in [0, 0.1) is 13.8 Å². The van der Waals surface area contributed by atoms with Crippen LogP contribution in [0.5, 0.6) is 0 Å². The van der Waals surface area contributed by atoms with Crippen molar-refractivity contribution in [3.05, 3.63) is 95.1 Å². The van der Waals surface area contributed by atoms with Gasteiger partial charge in [0.1, 0.15) is 0 Å². The minimum absolute atomic E-state index is 0.0629. The smallest absolute Gasteiger partial charge is 0.308 e. The molecule has 3 aromatic carbocycles. The van der Waals surface area contributed by atoms with Gasteiger partial charge in [0.15, 0.2) is 0 Å². The summed E-state index contributed by atoms with van der Waals surface area (Å²) in [6.45, 7) is 5.29. The van der Waals surface area contributed by atoms with Crippen molar-refractivity contribution in [2.24, 2.45) is 0 Å². The lowest BCUT2D eigenvalue weighted by atomic mass is 9.98. The molecule has 0 N–H and O–H groups in total. The third-order valence-corrected chi connectivity index (χ3v) is 8.66. The van der Waals surface area contributed by atoms with Gasteiger partial charge in [-0.2, -0.15) is 13.2 Å². The van der Waals surface area contributed by atoms with E-state index in [1.807, 2.05) is 64.3 Å². The Morgan fingerprint density at radius 3 is 1.61 bits per heavy atom. The zero-order valence-electron chi connectivity index (χ0n) is 19.9. The van der Waals surface area contributed by atoms with Crippen LogP contribution < -0.4 is 10.6 Å². The quantitative estimate of drug-likeness (QED) is 0.374. The average Bonchev–Trinajstić information content (AvgIpc) is 2.77. The molecule has 0 aliphatic rings. The summed E-state index contributed by atoms with van der Waals surface area (Å²) >= 11 is 0. The van der Waals surface area contributed by atoms with Crippen molar-refractivity contribution in [3.63, 3.8) is 0 Å². The maximum Gasteiger partial charge on any atom is 0.416 e. The first-order chi connectivity index (χ1) is 15.6. The van der Waals surface area contributed by atoms with Crippen LogP contribution in [-0.4, -0.2) is 44.0 Å². The van der Waals surface area contributed by atoms with Gasteiger partial charge in [-0.15, -0.1) is 0 Å². The summed E-state index contributed by atoms with van der Waals surface area (Å²) in [4.78, 5) is 4.45. The Morgan fingerprint density at radius 1 is 0.758 bits per heavy atom. The number of hydrogen-bond acceptors (Lipinski definition) is 2. The standard InChI is InChI=1S/C27H32F3N2P/c1-20-18-22(27(28,29)30)19-21(2)25(20)26(32(5)17-16-31(3)4)33(23-12-8-6-9-13-23)24-14-10-7-11-15-24/h6-15,18-19,26H,16-17H2,1-5H3. The van der Waals surface area contributed by atoms with Crippen molar-refractivity contribution in [1.82, 2.24) is 9.80 Å². The second-order valence-corrected chi connectivity index (χ2v) is 11.0. The van der Waals surface area contributed by atoms with E-state index in [2.05, 4.69) is 41.1 Å². The number of hydrogen-bond donors (Lipinski definition) is 0. The molecule has 0 saturated heterocycles. The van der Waals surface area contributed by atoms with Gasteiger partial charge in [0.2, 0.25) is 0 Å². The van der Waals surface area contributed by atoms with E-state index in [-0.39, 0.29) is 5.78 Å². The highest BCUT2D eigenvalue weighted by molar-refractivity contribution is 7.73. The van der Waals surface area contributed by atoms with Gasteiger partial charge in [-0.1, -0.05) is 60.7 Å². The fraction of sp³-hybridized carbons (Fsp3) is 0.333. The van der Waals surface area contributed by atoms with Gasteiger partial charge in [0.05, 0.1) is 11.3 Å². The van der Waals surface area contributed by atoms with Crippen LogP contribution in [0.25, 0.3) is 0 Å². The lowest BCUT2D eigenvalue weighted by Crippen LogP contribution is -2.35. The zero-order valence-corrected chi connectivity index (χ0v) is 20.8. The van der Waals surface area contributed by atoms with E-state index in [1.54, 1.807) is 0 Å². The van der Waals surface area contributed by atoms with Crippen LogP contribution >= 0.6 is 7.92 Å². The fourth-order valence-electron chi connectivity index (χ4n) is 4.18. The summed E-state index contributed by atoms with van der Waals surface area (Å²) in [5, 5.41) is 2.42. The second-order valence-electron chi connectivity index (χ2n) is 8.72. The molecule has 33 heavy (non-hydrogen) atoms. The summed E-state index contributed by atoms with van der Waals surface area (Å²) < 4.78 is 40.6. The lowest BCUT2D eigenvalue weighted by molar-refractivity contribution is -0.137. The molecule has 3 rings (SSSR count). The zero-order chi connectivity index (χ0) is 24.2. The minimum atomic E-state index is -4.36. The number of nitrogens with zero attached hydrogens (tertiary/aromatic N) is 2. The van der Waals surface area contributed by atoms with Crippen molar-refractivity contribution in [2.45, 2.75) is 25.8 Å². The van der Waals surface area contributed by atoms with Gasteiger partial charge in [0, 0.05) is 13.1 Å². The summed E-state index contributed by atoms with van der Waals surface area (Å²) in [5.74, 6) is -0.0629. The predicted molar refractivity (Wildman–Crippen MR) is 134 cm³/mol. The molecule has 176 valence electrons. The number of alkyl halides is 3. The molecule has 0 aliphatic heterocycles. The van der Waals surface area contributed by atoms with Crippen LogP contribution in [-0.2, 0) is 6.18 Å². The molecular formula is C27H32F3N2P. The van der Waals surface area contributed by atoms with E-state index in [0.717, 1.165) is 18.7 Å². The Hall–Kier alpha value is -2.20. The molecule has 0 aromatic heterocycles. The van der Waals surface area contributed by atoms with Gasteiger partial charge in [0.25, 0.3) is 0 Å². The first-order valence-corrected chi connectivity index (χ1v) is 12.4. The number of benzene rings is 3. The molecular weight excluding hydrogens is 440 g/mol. The van der Waals surface area contributed by atoms with Crippen molar-refractivity contribution in [3.8, 4) is 0 Å². The highest BCUT2D eigenvalue weighted by Gasteiger charge is 2.35. The molecule has 0 heterocycles. The molecule has 0 bridgehead atoms. The Morgan fingerprint density at radius 2 is 1.21 bits per heavy atom. The van der Waals surface area contributed by atoms with Gasteiger partial charge in [-0.25, -0.2) is 0 Å². The molecule has 0 amide bonds. The highest BCUT2D eigenvalue weighted by atomic mass is 31.1. The molecule has 0 aliphatic carbocycles. The molecule has 0 radical (unpaired) electrons. The Labute approximate surface area is 196 Å². The largest absolute Gasteiger partial charge is 0.416 e. The number of likely N-dealkylation sites (N-methyl/N-ethyl adjacent to an activating group) is 2. The number of halogens is 3. The Kier molecular flexibility index (Phi) is 8.33. The SMILES string of the molecule is Cc1cc(C(F)(F)F)cc(C)c1C(N(C)CCN(C)C)P(c1ccccc1)c1ccccc1. The van der Waals surface area contributed by atoms with Crippen LogP contribution in [0.3, 0.4) is 0 Å². The third kappa shape index (κ3) is 6.23. The molecule has 3 aromatic rings. The van der Waals surface area contributed by atoms with E-state index >= 15 is 0 Å². The van der Waals surface area contributed by atoms with Crippen LogP contribution in [0.1, 0.15) is 28.0 Å². The van der Waals surface area contributed by atoms with E-state index in [0.29, 0.717) is 11.1 Å². The van der Waals surface area contributed by atoms with Crippen molar-refractivity contribution in [1.29, 1.82) is 0 Å². The molecule has 1 unspecified atom stereocenters. The normalized spacial score (nSPS) is 13.2. The molecule has 0 spiro atoms. The summed E-state index contributed by atoms with van der Waals surface area (Å²) in [5.41, 5.74) is 1.77. The summed E-state index contributed by atoms with van der Waals surface area (Å²) in [6.07, 6.45) is -4.36. The van der Waals surface area contributed by atoms with Crippen molar-refractivity contribution in [2.75, 3.05) is 34.2 Å². The minimum Gasteiger partial charge on any atom is -0.308 e.